The van der Waals surface area contributed by atoms with Gasteiger partial charge in [0.2, 0.25) is 12.4 Å². The van der Waals surface area contributed by atoms with Gasteiger partial charge in [-0.05, 0) is 31.5 Å². The summed E-state index contributed by atoms with van der Waals surface area (Å²) in [5.41, 5.74) is 0.688. The van der Waals surface area contributed by atoms with E-state index < -0.39 is 36.1 Å². The Balaban J connectivity index is 1.94. The van der Waals surface area contributed by atoms with Gasteiger partial charge in [0.05, 0.1) is 6.10 Å². The Hall–Kier alpha value is -2.87. The first-order chi connectivity index (χ1) is 13.7. The molecule has 156 valence electrons. The van der Waals surface area contributed by atoms with Crippen LogP contribution in [0.15, 0.2) is 33.5 Å². The molecule has 1 saturated heterocycles. The van der Waals surface area contributed by atoms with E-state index in [0.717, 1.165) is 10.9 Å². The van der Waals surface area contributed by atoms with Crippen LogP contribution < -0.4 is 10.4 Å². The van der Waals surface area contributed by atoms with Crippen LogP contribution in [0.3, 0.4) is 0 Å². The molecule has 1 aliphatic heterocycles. The molecule has 0 radical (unpaired) electrons. The predicted octanol–water partition coefficient (Wildman–Crippen LogP) is 2.72. The number of hydrogen-bond acceptors (Lipinski definition) is 8. The first-order valence-corrected chi connectivity index (χ1v) is 9.36. The highest BCUT2D eigenvalue weighted by atomic mass is 16.7. The zero-order valence-electron chi connectivity index (χ0n) is 17.0. The molecule has 8 heteroatoms. The van der Waals surface area contributed by atoms with Crippen LogP contribution in [-0.4, -0.2) is 36.5 Å². The average molecular weight is 404 g/mol. The van der Waals surface area contributed by atoms with Crippen molar-refractivity contribution in [3.63, 3.8) is 0 Å². The fourth-order valence-electron chi connectivity index (χ4n) is 3.42. The zero-order valence-corrected chi connectivity index (χ0v) is 17.0. The Bertz CT molecular complexity index is 978. The number of fused-ring (bicyclic) bond motifs is 1. The third-order valence-electron chi connectivity index (χ3n) is 4.98. The molecule has 3 rings (SSSR count). The second-order valence-corrected chi connectivity index (χ2v) is 7.24. The number of aryl methyl sites for hydroxylation is 1. The van der Waals surface area contributed by atoms with Gasteiger partial charge in [-0.3, -0.25) is 9.59 Å². The van der Waals surface area contributed by atoms with Crippen LogP contribution in [0.5, 0.6) is 5.75 Å². The standard InChI is InChI=1S/C21H24O8/c1-10-8-18(24)29-17-9-15(6-7-16(10)17)28-21-20(27-14(5)23)19(26-13(4)22)11(2)12(3)25-21/h6-9,11-12,19-21H,1-5H3/t11-,12+,19-,20+,21+/m1/s1. The van der Waals surface area contributed by atoms with Crippen molar-refractivity contribution in [3.8, 4) is 5.75 Å². The molecule has 0 N–H and O–H groups in total. The van der Waals surface area contributed by atoms with Gasteiger partial charge in [-0.15, -0.1) is 0 Å². The molecule has 1 fully saturated rings. The summed E-state index contributed by atoms with van der Waals surface area (Å²) in [5.74, 6) is -0.904. The second-order valence-electron chi connectivity index (χ2n) is 7.24. The van der Waals surface area contributed by atoms with Crippen LogP contribution in [0.2, 0.25) is 0 Å². The molecule has 1 aliphatic rings. The van der Waals surface area contributed by atoms with Gasteiger partial charge < -0.3 is 23.4 Å². The van der Waals surface area contributed by atoms with E-state index >= 15 is 0 Å². The van der Waals surface area contributed by atoms with Crippen LogP contribution in [0.4, 0.5) is 0 Å². The Morgan fingerprint density at radius 1 is 1.00 bits per heavy atom. The quantitative estimate of drug-likeness (QED) is 0.566. The summed E-state index contributed by atoms with van der Waals surface area (Å²) in [6.07, 6.45) is -3.02. The van der Waals surface area contributed by atoms with E-state index in [9.17, 15) is 14.4 Å². The summed E-state index contributed by atoms with van der Waals surface area (Å²) in [5, 5.41) is 0.776. The Morgan fingerprint density at radius 2 is 1.66 bits per heavy atom. The molecular weight excluding hydrogens is 380 g/mol. The molecule has 8 nitrogen and oxygen atoms in total. The number of rotatable bonds is 4. The minimum atomic E-state index is -1.01. The molecular formula is C21H24O8. The molecule has 2 heterocycles. The molecule has 5 atom stereocenters. The second kappa shape index (κ2) is 8.24. The highest BCUT2D eigenvalue weighted by Crippen LogP contribution is 2.32. The first kappa shape index (κ1) is 20.9. The lowest BCUT2D eigenvalue weighted by Gasteiger charge is -2.42. The summed E-state index contributed by atoms with van der Waals surface area (Å²) in [7, 11) is 0. The van der Waals surface area contributed by atoms with E-state index in [-0.39, 0.29) is 12.0 Å². The van der Waals surface area contributed by atoms with Crippen LogP contribution in [0.25, 0.3) is 11.0 Å². The van der Waals surface area contributed by atoms with Crippen molar-refractivity contribution in [3.05, 3.63) is 40.2 Å². The number of esters is 2. The minimum Gasteiger partial charge on any atom is -0.461 e. The topological polar surface area (TPSA) is 101 Å². The van der Waals surface area contributed by atoms with Crippen LogP contribution in [0, 0.1) is 12.8 Å². The number of ether oxygens (including phenoxy) is 4. The van der Waals surface area contributed by atoms with Gasteiger partial charge >= 0.3 is 17.6 Å². The summed E-state index contributed by atoms with van der Waals surface area (Å²) in [4.78, 5) is 34.9. The van der Waals surface area contributed by atoms with Crippen molar-refractivity contribution in [1.82, 2.24) is 0 Å². The third kappa shape index (κ3) is 4.59. The Labute approximate surface area is 167 Å². The van der Waals surface area contributed by atoms with Gasteiger partial charge in [0, 0.05) is 37.3 Å². The molecule has 0 spiro atoms. The third-order valence-corrected chi connectivity index (χ3v) is 4.98. The summed E-state index contributed by atoms with van der Waals surface area (Å²) in [6.45, 7) is 8.04. The summed E-state index contributed by atoms with van der Waals surface area (Å²) >= 11 is 0. The number of carbonyl (C=O) groups excluding carboxylic acids is 2. The Kier molecular flexibility index (Phi) is 5.93. The molecule has 0 unspecified atom stereocenters. The van der Waals surface area contributed by atoms with E-state index in [1.807, 2.05) is 20.8 Å². The lowest BCUT2D eigenvalue weighted by atomic mass is 9.91. The fourth-order valence-corrected chi connectivity index (χ4v) is 3.42. The van der Waals surface area contributed by atoms with Crippen molar-refractivity contribution >= 4 is 22.9 Å². The van der Waals surface area contributed by atoms with Gasteiger partial charge in [0.1, 0.15) is 17.4 Å². The maximum atomic E-state index is 11.7. The summed E-state index contributed by atoms with van der Waals surface area (Å²) in [6, 6.07) is 6.45. The molecule has 2 aromatic rings. The van der Waals surface area contributed by atoms with E-state index in [4.69, 9.17) is 23.4 Å². The Morgan fingerprint density at radius 3 is 2.31 bits per heavy atom. The predicted molar refractivity (Wildman–Crippen MR) is 102 cm³/mol. The van der Waals surface area contributed by atoms with Gasteiger partial charge in [0.25, 0.3) is 0 Å². The van der Waals surface area contributed by atoms with E-state index in [0.29, 0.717) is 11.3 Å². The maximum absolute atomic E-state index is 11.7. The zero-order chi connectivity index (χ0) is 21.3. The smallest absolute Gasteiger partial charge is 0.336 e. The molecule has 1 aromatic heterocycles. The SMILES string of the molecule is CC(=O)O[C@@H]1[C@H](Oc2ccc3c(C)cc(=O)oc3c2)O[C@@H](C)[C@@H](C)[C@H]1OC(C)=O. The monoisotopic (exact) mass is 404 g/mol. The minimum absolute atomic E-state index is 0.222. The number of carbonyl (C=O) groups is 2. The molecule has 1 aromatic carbocycles. The number of benzene rings is 1. The number of hydrogen-bond donors (Lipinski definition) is 0. The van der Waals surface area contributed by atoms with Crippen LogP contribution in [0.1, 0.15) is 33.3 Å². The van der Waals surface area contributed by atoms with Gasteiger partial charge in [0.15, 0.2) is 0 Å². The average Bonchev–Trinajstić information content (AvgIpc) is 2.61. The van der Waals surface area contributed by atoms with Crippen molar-refractivity contribution in [2.45, 2.75) is 59.2 Å². The maximum Gasteiger partial charge on any atom is 0.336 e. The van der Waals surface area contributed by atoms with Crippen molar-refractivity contribution < 1.29 is 33.0 Å². The van der Waals surface area contributed by atoms with Crippen LogP contribution >= 0.6 is 0 Å². The van der Waals surface area contributed by atoms with Crippen molar-refractivity contribution in [1.29, 1.82) is 0 Å². The molecule has 0 bridgehead atoms. The molecule has 0 amide bonds. The lowest BCUT2D eigenvalue weighted by molar-refractivity contribution is -0.263. The highest BCUT2D eigenvalue weighted by molar-refractivity contribution is 5.81. The highest BCUT2D eigenvalue weighted by Gasteiger charge is 2.47. The molecule has 0 saturated carbocycles. The lowest BCUT2D eigenvalue weighted by Crippen LogP contribution is -2.57. The van der Waals surface area contributed by atoms with Gasteiger partial charge in [-0.2, -0.15) is 0 Å². The molecule has 29 heavy (non-hydrogen) atoms. The van der Waals surface area contributed by atoms with E-state index in [1.54, 1.807) is 18.2 Å². The largest absolute Gasteiger partial charge is 0.461 e. The normalized spacial score (nSPS) is 26.7. The van der Waals surface area contributed by atoms with Crippen molar-refractivity contribution in [2.24, 2.45) is 5.92 Å². The van der Waals surface area contributed by atoms with Gasteiger partial charge in [-0.25, -0.2) is 4.79 Å². The van der Waals surface area contributed by atoms with E-state index in [1.165, 1.54) is 19.9 Å². The molecule has 0 aliphatic carbocycles. The summed E-state index contributed by atoms with van der Waals surface area (Å²) < 4.78 is 27.9. The van der Waals surface area contributed by atoms with Crippen molar-refractivity contribution in [2.75, 3.05) is 0 Å². The van der Waals surface area contributed by atoms with Gasteiger partial charge in [-0.1, -0.05) is 6.92 Å². The first-order valence-electron chi connectivity index (χ1n) is 9.36. The van der Waals surface area contributed by atoms with E-state index in [2.05, 4.69) is 0 Å². The fraction of sp³-hybridized carbons (Fsp3) is 0.476. The van der Waals surface area contributed by atoms with Crippen LogP contribution in [-0.2, 0) is 23.8 Å².